The standard InChI is InChI=1S/C22H30N3/c1-15(2)23-12-13-25(20(23)7)22-17(4)14-16(3)21(19(22)6)24-11-9-8-10-18(24)5/h8-15,20H,1-7H3/q+1/t20-/m1/s1. The molecule has 0 aliphatic carbocycles. The summed E-state index contributed by atoms with van der Waals surface area (Å²) in [6, 6.07) is 9.17. The summed E-state index contributed by atoms with van der Waals surface area (Å²) in [5, 5.41) is 0. The summed E-state index contributed by atoms with van der Waals surface area (Å²) in [5.41, 5.74) is 7.84. The normalized spacial score (nSPS) is 17.0. The average molecular weight is 337 g/mol. The molecule has 3 nitrogen and oxygen atoms in total. The van der Waals surface area contributed by atoms with Gasteiger partial charge in [-0.2, -0.15) is 4.57 Å². The van der Waals surface area contributed by atoms with Crippen LogP contribution >= 0.6 is 0 Å². The van der Waals surface area contributed by atoms with Gasteiger partial charge in [-0.3, -0.25) is 0 Å². The van der Waals surface area contributed by atoms with Crippen molar-refractivity contribution in [3.05, 3.63) is 65.2 Å². The predicted molar refractivity (Wildman–Crippen MR) is 105 cm³/mol. The van der Waals surface area contributed by atoms with E-state index in [1.807, 2.05) is 0 Å². The van der Waals surface area contributed by atoms with Crippen molar-refractivity contribution in [2.45, 2.75) is 60.7 Å². The molecule has 1 aliphatic rings. The highest BCUT2D eigenvalue weighted by Crippen LogP contribution is 2.35. The van der Waals surface area contributed by atoms with Crippen LogP contribution in [0.5, 0.6) is 0 Å². The van der Waals surface area contributed by atoms with Crippen LogP contribution in [0, 0.1) is 27.7 Å². The maximum absolute atomic E-state index is 2.41. The number of rotatable bonds is 3. The molecular formula is C22H30N3+. The molecule has 0 radical (unpaired) electrons. The Kier molecular flexibility index (Phi) is 4.59. The Labute approximate surface area is 152 Å². The minimum Gasteiger partial charge on any atom is -0.353 e. The van der Waals surface area contributed by atoms with Crippen LogP contribution in [0.25, 0.3) is 5.69 Å². The number of nitrogens with zero attached hydrogens (tertiary/aromatic N) is 3. The molecule has 132 valence electrons. The fourth-order valence-electron chi connectivity index (χ4n) is 4.12. The molecule has 3 rings (SSSR count). The number of aromatic nitrogens is 1. The first-order valence-electron chi connectivity index (χ1n) is 9.15. The van der Waals surface area contributed by atoms with Crippen LogP contribution in [0.15, 0.2) is 42.9 Å². The summed E-state index contributed by atoms with van der Waals surface area (Å²) < 4.78 is 2.30. The van der Waals surface area contributed by atoms with Crippen LogP contribution in [0.1, 0.15) is 43.2 Å². The van der Waals surface area contributed by atoms with Gasteiger partial charge in [0.05, 0.1) is 5.69 Å². The molecule has 0 amide bonds. The number of aryl methyl sites for hydroxylation is 3. The van der Waals surface area contributed by atoms with Crippen LogP contribution in [-0.2, 0) is 0 Å². The summed E-state index contributed by atoms with van der Waals surface area (Å²) in [7, 11) is 0. The molecule has 0 spiro atoms. The third-order valence-corrected chi connectivity index (χ3v) is 5.28. The lowest BCUT2D eigenvalue weighted by Gasteiger charge is -2.34. The second kappa shape index (κ2) is 6.55. The number of anilines is 1. The highest BCUT2D eigenvalue weighted by atomic mass is 15.4. The Bertz CT molecular complexity index is 820. The van der Waals surface area contributed by atoms with Gasteiger partial charge in [0.1, 0.15) is 6.17 Å². The van der Waals surface area contributed by atoms with E-state index >= 15 is 0 Å². The molecule has 1 aliphatic heterocycles. The van der Waals surface area contributed by atoms with E-state index in [2.05, 4.69) is 106 Å². The van der Waals surface area contributed by atoms with E-state index in [0.29, 0.717) is 12.2 Å². The quantitative estimate of drug-likeness (QED) is 0.762. The first-order valence-corrected chi connectivity index (χ1v) is 9.15. The van der Waals surface area contributed by atoms with Gasteiger partial charge < -0.3 is 9.80 Å². The van der Waals surface area contributed by atoms with Crippen LogP contribution in [0.4, 0.5) is 5.69 Å². The van der Waals surface area contributed by atoms with Crippen molar-refractivity contribution in [1.82, 2.24) is 4.90 Å². The van der Waals surface area contributed by atoms with Gasteiger partial charge in [0.2, 0.25) is 5.69 Å². The first kappa shape index (κ1) is 17.5. The summed E-state index contributed by atoms with van der Waals surface area (Å²) >= 11 is 0. The summed E-state index contributed by atoms with van der Waals surface area (Å²) in [5.74, 6) is 0. The molecule has 0 saturated heterocycles. The molecular weight excluding hydrogens is 306 g/mol. The van der Waals surface area contributed by atoms with Crippen LogP contribution in [0.2, 0.25) is 0 Å². The van der Waals surface area contributed by atoms with E-state index in [-0.39, 0.29) is 0 Å². The molecule has 2 aromatic rings. The van der Waals surface area contributed by atoms with E-state index in [9.17, 15) is 0 Å². The van der Waals surface area contributed by atoms with E-state index in [1.54, 1.807) is 0 Å². The smallest absolute Gasteiger partial charge is 0.218 e. The van der Waals surface area contributed by atoms with Crippen LogP contribution < -0.4 is 9.47 Å². The number of hydrogen-bond acceptors (Lipinski definition) is 2. The Hall–Kier alpha value is -2.29. The van der Waals surface area contributed by atoms with Gasteiger partial charge in [-0.25, -0.2) is 0 Å². The van der Waals surface area contributed by atoms with Gasteiger partial charge in [0.25, 0.3) is 0 Å². The predicted octanol–water partition coefficient (Wildman–Crippen LogP) is 4.54. The second-order valence-electron chi connectivity index (χ2n) is 7.42. The van der Waals surface area contributed by atoms with Gasteiger partial charge >= 0.3 is 0 Å². The van der Waals surface area contributed by atoms with E-state index in [4.69, 9.17) is 0 Å². The maximum Gasteiger partial charge on any atom is 0.218 e. The Morgan fingerprint density at radius 2 is 1.72 bits per heavy atom. The van der Waals surface area contributed by atoms with E-state index in [1.165, 1.54) is 33.8 Å². The molecule has 2 heterocycles. The summed E-state index contributed by atoms with van der Waals surface area (Å²) in [4.78, 5) is 4.81. The molecule has 1 aromatic carbocycles. The molecule has 0 saturated carbocycles. The van der Waals surface area contributed by atoms with Crippen molar-refractivity contribution in [3.8, 4) is 5.69 Å². The van der Waals surface area contributed by atoms with Gasteiger partial charge in [0, 0.05) is 48.6 Å². The van der Waals surface area contributed by atoms with Crippen LogP contribution in [-0.4, -0.2) is 17.1 Å². The zero-order chi connectivity index (χ0) is 18.3. The molecule has 0 N–H and O–H groups in total. The van der Waals surface area contributed by atoms with Gasteiger partial charge in [0.15, 0.2) is 11.9 Å². The Morgan fingerprint density at radius 1 is 1.00 bits per heavy atom. The van der Waals surface area contributed by atoms with E-state index in [0.717, 1.165) is 0 Å². The minimum absolute atomic E-state index is 0.329. The van der Waals surface area contributed by atoms with Gasteiger partial charge in [-0.05, 0) is 53.2 Å². The van der Waals surface area contributed by atoms with Gasteiger partial charge in [-0.1, -0.05) is 6.07 Å². The summed E-state index contributed by atoms with van der Waals surface area (Å²) in [6.07, 6.45) is 6.93. The van der Waals surface area contributed by atoms with Crippen molar-refractivity contribution >= 4 is 5.69 Å². The molecule has 0 fully saturated rings. The lowest BCUT2D eigenvalue weighted by atomic mass is 10.00. The lowest BCUT2D eigenvalue weighted by molar-refractivity contribution is -0.603. The number of hydrogen-bond donors (Lipinski definition) is 0. The SMILES string of the molecule is Cc1cc(C)c(-[n+]2ccccc2C)c(C)c1N1C=CN(C(C)C)[C@H]1C. The third-order valence-electron chi connectivity index (χ3n) is 5.28. The number of pyridine rings is 1. The van der Waals surface area contributed by atoms with Crippen molar-refractivity contribution < 1.29 is 4.57 Å². The molecule has 1 aromatic heterocycles. The monoisotopic (exact) mass is 336 g/mol. The first-order chi connectivity index (χ1) is 11.8. The van der Waals surface area contributed by atoms with Crippen molar-refractivity contribution in [3.63, 3.8) is 0 Å². The molecule has 0 unspecified atom stereocenters. The Balaban J connectivity index is 2.16. The fourth-order valence-corrected chi connectivity index (χ4v) is 4.12. The largest absolute Gasteiger partial charge is 0.353 e. The highest BCUT2D eigenvalue weighted by Gasteiger charge is 2.30. The second-order valence-corrected chi connectivity index (χ2v) is 7.42. The molecule has 25 heavy (non-hydrogen) atoms. The topological polar surface area (TPSA) is 10.4 Å². The zero-order valence-electron chi connectivity index (χ0n) is 16.5. The average Bonchev–Trinajstić information content (AvgIpc) is 2.90. The summed E-state index contributed by atoms with van der Waals surface area (Å²) in [6.45, 7) is 15.6. The fraction of sp³-hybridized carbons (Fsp3) is 0.409. The van der Waals surface area contributed by atoms with Crippen molar-refractivity contribution in [2.75, 3.05) is 4.90 Å². The minimum atomic E-state index is 0.329. The zero-order valence-corrected chi connectivity index (χ0v) is 16.5. The van der Waals surface area contributed by atoms with Gasteiger partial charge in [-0.15, -0.1) is 0 Å². The maximum atomic E-state index is 2.41. The van der Waals surface area contributed by atoms with Crippen LogP contribution in [0.3, 0.4) is 0 Å². The third kappa shape index (κ3) is 2.92. The lowest BCUT2D eigenvalue weighted by Crippen LogP contribution is -2.41. The number of benzene rings is 1. The van der Waals surface area contributed by atoms with Crippen molar-refractivity contribution in [1.29, 1.82) is 0 Å². The van der Waals surface area contributed by atoms with Crippen molar-refractivity contribution in [2.24, 2.45) is 0 Å². The highest BCUT2D eigenvalue weighted by molar-refractivity contribution is 5.68. The van der Waals surface area contributed by atoms with E-state index < -0.39 is 0 Å². The molecule has 3 heteroatoms. The molecule has 0 bridgehead atoms. The Morgan fingerprint density at radius 3 is 2.32 bits per heavy atom. The molecule has 1 atom stereocenters.